The highest BCUT2D eigenvalue weighted by Crippen LogP contribution is 2.31. The van der Waals surface area contributed by atoms with Gasteiger partial charge >= 0.3 is 6.18 Å². The SMILES string of the molecule is N#CC1CC(=O)N(c2ccc(C(F)(F)F)cc2)C1. The van der Waals surface area contributed by atoms with Crippen LogP contribution in [-0.4, -0.2) is 12.5 Å². The second kappa shape index (κ2) is 4.33. The average molecular weight is 254 g/mol. The highest BCUT2D eigenvalue weighted by atomic mass is 19.4. The number of carbonyl (C=O) groups is 1. The van der Waals surface area contributed by atoms with Crippen LogP contribution in [0.25, 0.3) is 0 Å². The monoisotopic (exact) mass is 254 g/mol. The third kappa shape index (κ3) is 2.30. The van der Waals surface area contributed by atoms with Crippen LogP contribution in [0.1, 0.15) is 12.0 Å². The highest BCUT2D eigenvalue weighted by molar-refractivity contribution is 5.96. The fourth-order valence-electron chi connectivity index (χ4n) is 1.87. The maximum atomic E-state index is 12.4. The molecule has 1 aliphatic heterocycles. The molecule has 1 saturated heterocycles. The maximum absolute atomic E-state index is 12.4. The van der Waals surface area contributed by atoms with Gasteiger partial charge in [0, 0.05) is 18.7 Å². The first-order valence-corrected chi connectivity index (χ1v) is 5.29. The quantitative estimate of drug-likeness (QED) is 0.773. The Morgan fingerprint density at radius 1 is 1.28 bits per heavy atom. The van der Waals surface area contributed by atoms with Crippen LogP contribution in [0.3, 0.4) is 0 Å². The number of hydrogen-bond donors (Lipinski definition) is 0. The van der Waals surface area contributed by atoms with E-state index < -0.39 is 11.7 Å². The molecule has 0 spiro atoms. The minimum absolute atomic E-state index is 0.123. The number of halogens is 3. The Balaban J connectivity index is 2.21. The van der Waals surface area contributed by atoms with Crippen molar-refractivity contribution >= 4 is 11.6 Å². The molecule has 3 nitrogen and oxygen atoms in total. The zero-order valence-electron chi connectivity index (χ0n) is 9.24. The predicted molar refractivity (Wildman–Crippen MR) is 57.5 cm³/mol. The minimum atomic E-state index is -4.39. The Labute approximate surface area is 101 Å². The van der Waals surface area contributed by atoms with Gasteiger partial charge in [-0.05, 0) is 24.3 Å². The van der Waals surface area contributed by atoms with Gasteiger partial charge in [-0.25, -0.2) is 0 Å². The van der Waals surface area contributed by atoms with Gasteiger partial charge in [0.2, 0.25) is 5.91 Å². The van der Waals surface area contributed by atoms with Crippen molar-refractivity contribution in [1.82, 2.24) is 0 Å². The summed E-state index contributed by atoms with van der Waals surface area (Å²) in [6, 6.07) is 6.35. The van der Waals surface area contributed by atoms with Crippen LogP contribution in [0.2, 0.25) is 0 Å². The molecule has 0 bridgehead atoms. The van der Waals surface area contributed by atoms with E-state index in [1.807, 2.05) is 6.07 Å². The summed E-state index contributed by atoms with van der Waals surface area (Å²) in [5, 5.41) is 8.72. The standard InChI is InChI=1S/C12H9F3N2O/c13-12(14,15)9-1-3-10(4-2-9)17-7-8(6-16)5-11(17)18/h1-4,8H,5,7H2. The fourth-order valence-corrected chi connectivity index (χ4v) is 1.87. The van der Waals surface area contributed by atoms with Gasteiger partial charge in [-0.3, -0.25) is 4.79 Å². The van der Waals surface area contributed by atoms with Crippen molar-refractivity contribution in [2.24, 2.45) is 5.92 Å². The van der Waals surface area contributed by atoms with Gasteiger partial charge < -0.3 is 4.90 Å². The summed E-state index contributed by atoms with van der Waals surface area (Å²) in [5.41, 5.74) is -0.361. The van der Waals surface area contributed by atoms with Crippen molar-refractivity contribution in [3.63, 3.8) is 0 Å². The molecular formula is C12H9F3N2O. The molecule has 1 amide bonds. The Kier molecular flexibility index (Phi) is 2.99. The van der Waals surface area contributed by atoms with Gasteiger partial charge in [0.15, 0.2) is 0 Å². The van der Waals surface area contributed by atoms with E-state index in [-0.39, 0.29) is 24.8 Å². The van der Waals surface area contributed by atoms with Crippen LogP contribution in [0.4, 0.5) is 18.9 Å². The van der Waals surface area contributed by atoms with Crippen LogP contribution < -0.4 is 4.90 Å². The maximum Gasteiger partial charge on any atom is 0.416 e. The van der Waals surface area contributed by atoms with Crippen molar-refractivity contribution < 1.29 is 18.0 Å². The first-order chi connectivity index (χ1) is 8.41. The minimum Gasteiger partial charge on any atom is -0.311 e. The largest absolute Gasteiger partial charge is 0.416 e. The lowest BCUT2D eigenvalue weighted by Crippen LogP contribution is -2.24. The van der Waals surface area contributed by atoms with E-state index in [0.29, 0.717) is 5.69 Å². The Hall–Kier alpha value is -2.03. The van der Waals surface area contributed by atoms with Crippen LogP contribution in [0.5, 0.6) is 0 Å². The molecule has 18 heavy (non-hydrogen) atoms. The summed E-state index contributed by atoms with van der Waals surface area (Å²) >= 11 is 0. The number of hydrogen-bond acceptors (Lipinski definition) is 2. The Bertz CT molecular complexity index is 502. The molecule has 1 unspecified atom stereocenters. The van der Waals surface area contributed by atoms with Crippen LogP contribution in [0.15, 0.2) is 24.3 Å². The van der Waals surface area contributed by atoms with Crippen molar-refractivity contribution in [1.29, 1.82) is 5.26 Å². The Morgan fingerprint density at radius 2 is 1.89 bits per heavy atom. The number of nitrogens with zero attached hydrogens (tertiary/aromatic N) is 2. The molecule has 0 N–H and O–H groups in total. The molecule has 0 aliphatic carbocycles. The molecule has 1 aromatic rings. The Morgan fingerprint density at radius 3 is 2.33 bits per heavy atom. The summed E-state index contributed by atoms with van der Waals surface area (Å²) in [6.45, 7) is 0.237. The van der Waals surface area contributed by atoms with Gasteiger partial charge in [0.05, 0.1) is 17.6 Å². The van der Waals surface area contributed by atoms with Crippen LogP contribution in [0, 0.1) is 17.2 Å². The number of carbonyl (C=O) groups excluding carboxylic acids is 1. The average Bonchev–Trinajstić information content (AvgIpc) is 2.70. The molecule has 1 heterocycles. The molecule has 0 radical (unpaired) electrons. The van der Waals surface area contributed by atoms with Gasteiger partial charge in [0.25, 0.3) is 0 Å². The van der Waals surface area contributed by atoms with E-state index in [2.05, 4.69) is 0 Å². The first kappa shape index (κ1) is 12.4. The van der Waals surface area contributed by atoms with Crippen LogP contribution >= 0.6 is 0 Å². The lowest BCUT2D eigenvalue weighted by Gasteiger charge is -2.16. The number of alkyl halides is 3. The summed E-state index contributed by atoms with van der Waals surface area (Å²) in [7, 11) is 0. The second-order valence-electron chi connectivity index (χ2n) is 4.08. The number of rotatable bonds is 1. The van der Waals surface area contributed by atoms with E-state index in [4.69, 9.17) is 5.26 Å². The molecule has 1 fully saturated rings. The topological polar surface area (TPSA) is 44.1 Å². The predicted octanol–water partition coefficient (Wildman–Crippen LogP) is 2.58. The molecule has 1 aliphatic rings. The smallest absolute Gasteiger partial charge is 0.311 e. The molecule has 0 saturated carbocycles. The second-order valence-corrected chi connectivity index (χ2v) is 4.08. The van der Waals surface area contributed by atoms with E-state index in [1.54, 1.807) is 0 Å². The van der Waals surface area contributed by atoms with Crippen molar-refractivity contribution in [3.05, 3.63) is 29.8 Å². The summed E-state index contributed by atoms with van der Waals surface area (Å²) in [6.07, 6.45) is -4.26. The molecule has 1 atom stereocenters. The molecule has 0 aromatic heterocycles. The van der Waals surface area contributed by atoms with E-state index in [1.165, 1.54) is 17.0 Å². The van der Waals surface area contributed by atoms with E-state index in [9.17, 15) is 18.0 Å². The van der Waals surface area contributed by atoms with Gasteiger partial charge in [0.1, 0.15) is 0 Å². The highest BCUT2D eigenvalue weighted by Gasteiger charge is 2.32. The molecule has 2 rings (SSSR count). The van der Waals surface area contributed by atoms with Crippen LogP contribution in [-0.2, 0) is 11.0 Å². The first-order valence-electron chi connectivity index (χ1n) is 5.29. The number of anilines is 1. The molecule has 1 aromatic carbocycles. The number of amides is 1. The number of benzene rings is 1. The van der Waals surface area contributed by atoms with Crippen molar-refractivity contribution in [2.45, 2.75) is 12.6 Å². The summed E-state index contributed by atoms with van der Waals surface area (Å²) in [5.74, 6) is -0.624. The van der Waals surface area contributed by atoms with E-state index in [0.717, 1.165) is 12.1 Å². The third-order valence-electron chi connectivity index (χ3n) is 2.81. The molecule has 94 valence electrons. The molecule has 6 heteroatoms. The summed E-state index contributed by atoms with van der Waals surface area (Å²) in [4.78, 5) is 12.9. The van der Waals surface area contributed by atoms with Gasteiger partial charge in [-0.1, -0.05) is 0 Å². The lowest BCUT2D eigenvalue weighted by atomic mass is 10.1. The third-order valence-corrected chi connectivity index (χ3v) is 2.81. The lowest BCUT2D eigenvalue weighted by molar-refractivity contribution is -0.137. The number of nitriles is 1. The van der Waals surface area contributed by atoms with Gasteiger partial charge in [-0.15, -0.1) is 0 Å². The normalized spacial score (nSPS) is 20.0. The fraction of sp³-hybridized carbons (Fsp3) is 0.333. The molecular weight excluding hydrogens is 245 g/mol. The van der Waals surface area contributed by atoms with Gasteiger partial charge in [-0.2, -0.15) is 18.4 Å². The van der Waals surface area contributed by atoms with Crippen molar-refractivity contribution in [3.8, 4) is 6.07 Å². The van der Waals surface area contributed by atoms with Crippen molar-refractivity contribution in [2.75, 3.05) is 11.4 Å². The van der Waals surface area contributed by atoms with E-state index >= 15 is 0 Å². The summed E-state index contributed by atoms with van der Waals surface area (Å²) < 4.78 is 37.1. The zero-order valence-corrected chi connectivity index (χ0v) is 9.24. The zero-order chi connectivity index (χ0) is 13.3.